The summed E-state index contributed by atoms with van der Waals surface area (Å²) in [6, 6.07) is 0. The van der Waals surface area contributed by atoms with Gasteiger partial charge in [0.15, 0.2) is 6.29 Å². The Morgan fingerprint density at radius 1 is 1.55 bits per heavy atom. The summed E-state index contributed by atoms with van der Waals surface area (Å²) >= 11 is 0. The molecule has 4 heteroatoms. The highest BCUT2D eigenvalue weighted by Gasteiger charge is 2.27. The Balaban J connectivity index is 2.37. The number of aliphatic hydroxyl groups is 2. The maximum absolute atomic E-state index is 9.24. The fourth-order valence-corrected chi connectivity index (χ4v) is 1.22. The highest BCUT2D eigenvalue weighted by Crippen LogP contribution is 2.19. The molecule has 2 N–H and O–H groups in total. The van der Waals surface area contributed by atoms with Gasteiger partial charge in [0.2, 0.25) is 0 Å². The van der Waals surface area contributed by atoms with Crippen LogP contribution in [0, 0.1) is 0 Å². The second kappa shape index (κ2) is 4.01. The van der Waals surface area contributed by atoms with Gasteiger partial charge in [-0.1, -0.05) is 0 Å². The maximum Gasteiger partial charge on any atom is 0.160 e. The van der Waals surface area contributed by atoms with Gasteiger partial charge in [0.1, 0.15) is 0 Å². The van der Waals surface area contributed by atoms with Crippen molar-refractivity contribution >= 4 is 0 Å². The molecule has 0 amide bonds. The van der Waals surface area contributed by atoms with E-state index in [1.54, 1.807) is 0 Å². The third-order valence-electron chi connectivity index (χ3n) is 1.81. The maximum atomic E-state index is 9.24. The van der Waals surface area contributed by atoms with E-state index in [0.29, 0.717) is 12.8 Å². The lowest BCUT2D eigenvalue weighted by Gasteiger charge is -2.30. The average Bonchev–Trinajstić information content (AvgIpc) is 2.03. The van der Waals surface area contributed by atoms with Gasteiger partial charge in [-0.05, 0) is 0 Å². The summed E-state index contributed by atoms with van der Waals surface area (Å²) in [5, 5.41) is 18.0. The number of hydrogen-bond acceptors (Lipinski definition) is 4. The van der Waals surface area contributed by atoms with Gasteiger partial charge in [-0.15, -0.1) is 0 Å². The fraction of sp³-hybridized carbons (Fsp3) is 1.00. The van der Waals surface area contributed by atoms with Crippen LogP contribution in [0.25, 0.3) is 0 Å². The van der Waals surface area contributed by atoms with Crippen molar-refractivity contribution in [1.82, 2.24) is 0 Å². The standard InChI is InChI=1S/C7H14O4/c1-10-7-3-5(9)2-6(4-8)11-7/h5-9H,2-4H2,1H3/t5?,6?,7-/m0/s1. The molecule has 1 aliphatic rings. The molecule has 4 nitrogen and oxygen atoms in total. The average molecular weight is 162 g/mol. The highest BCUT2D eigenvalue weighted by atomic mass is 16.7. The molecule has 0 bridgehead atoms. The van der Waals surface area contributed by atoms with Crippen LogP contribution >= 0.6 is 0 Å². The van der Waals surface area contributed by atoms with E-state index >= 15 is 0 Å². The zero-order chi connectivity index (χ0) is 8.27. The fourth-order valence-electron chi connectivity index (χ4n) is 1.22. The number of rotatable bonds is 2. The second-order valence-electron chi connectivity index (χ2n) is 2.73. The van der Waals surface area contributed by atoms with Gasteiger partial charge in [-0.3, -0.25) is 0 Å². The summed E-state index contributed by atoms with van der Waals surface area (Å²) in [6.45, 7) is -0.0586. The number of methoxy groups -OCH3 is 1. The van der Waals surface area contributed by atoms with Crippen LogP contribution in [-0.4, -0.2) is 42.4 Å². The first-order valence-electron chi connectivity index (χ1n) is 3.73. The molecular formula is C7H14O4. The van der Waals surface area contributed by atoms with Crippen molar-refractivity contribution in [1.29, 1.82) is 0 Å². The lowest BCUT2D eigenvalue weighted by molar-refractivity contribution is -0.210. The van der Waals surface area contributed by atoms with Gasteiger partial charge in [-0.2, -0.15) is 0 Å². The topological polar surface area (TPSA) is 58.9 Å². The summed E-state index contributed by atoms with van der Waals surface area (Å²) in [7, 11) is 1.52. The van der Waals surface area contributed by atoms with Crippen molar-refractivity contribution in [2.45, 2.75) is 31.3 Å². The lowest BCUT2D eigenvalue weighted by Crippen LogP contribution is -2.38. The number of hydrogen-bond donors (Lipinski definition) is 2. The Kier molecular flexibility index (Phi) is 3.26. The van der Waals surface area contributed by atoms with Crippen LogP contribution in [0.15, 0.2) is 0 Å². The van der Waals surface area contributed by atoms with E-state index in [1.165, 1.54) is 7.11 Å². The highest BCUT2D eigenvalue weighted by molar-refractivity contribution is 4.72. The van der Waals surface area contributed by atoms with E-state index in [0.717, 1.165) is 0 Å². The normalized spacial score (nSPS) is 39.0. The molecule has 1 saturated heterocycles. The molecular weight excluding hydrogens is 148 g/mol. The molecule has 0 radical (unpaired) electrons. The lowest BCUT2D eigenvalue weighted by atomic mass is 10.1. The molecule has 1 rings (SSSR count). The third kappa shape index (κ3) is 2.41. The van der Waals surface area contributed by atoms with Crippen molar-refractivity contribution < 1.29 is 19.7 Å². The van der Waals surface area contributed by atoms with E-state index in [2.05, 4.69) is 0 Å². The van der Waals surface area contributed by atoms with Crippen molar-refractivity contribution in [2.24, 2.45) is 0 Å². The first-order chi connectivity index (χ1) is 5.26. The Morgan fingerprint density at radius 2 is 2.27 bits per heavy atom. The van der Waals surface area contributed by atoms with Crippen LogP contribution in [0.2, 0.25) is 0 Å². The molecule has 1 aliphatic heterocycles. The van der Waals surface area contributed by atoms with Gasteiger partial charge in [-0.25, -0.2) is 0 Å². The van der Waals surface area contributed by atoms with E-state index in [9.17, 15) is 5.11 Å². The minimum absolute atomic E-state index is 0.0586. The van der Waals surface area contributed by atoms with Crippen LogP contribution in [-0.2, 0) is 9.47 Å². The van der Waals surface area contributed by atoms with Gasteiger partial charge in [0.05, 0.1) is 18.8 Å². The summed E-state index contributed by atoms with van der Waals surface area (Å²) < 4.78 is 10.1. The molecule has 1 heterocycles. The van der Waals surface area contributed by atoms with Gasteiger partial charge in [0, 0.05) is 20.0 Å². The van der Waals surface area contributed by atoms with Crippen molar-refractivity contribution in [3.63, 3.8) is 0 Å². The van der Waals surface area contributed by atoms with Gasteiger partial charge < -0.3 is 19.7 Å². The summed E-state index contributed by atoms with van der Waals surface area (Å²) in [5.41, 5.74) is 0. The smallest absolute Gasteiger partial charge is 0.160 e. The zero-order valence-electron chi connectivity index (χ0n) is 6.56. The van der Waals surface area contributed by atoms with Crippen LogP contribution in [0.3, 0.4) is 0 Å². The Bertz CT molecular complexity index is 105. The first kappa shape index (κ1) is 8.93. The minimum Gasteiger partial charge on any atom is -0.394 e. The molecule has 11 heavy (non-hydrogen) atoms. The van der Waals surface area contributed by atoms with Crippen LogP contribution in [0.4, 0.5) is 0 Å². The van der Waals surface area contributed by atoms with E-state index in [-0.39, 0.29) is 19.0 Å². The van der Waals surface area contributed by atoms with Crippen LogP contribution in [0.1, 0.15) is 12.8 Å². The molecule has 0 aliphatic carbocycles. The third-order valence-corrected chi connectivity index (χ3v) is 1.81. The molecule has 0 aromatic rings. The van der Waals surface area contributed by atoms with Crippen molar-refractivity contribution in [2.75, 3.05) is 13.7 Å². The Hall–Kier alpha value is -0.160. The minimum atomic E-state index is -0.411. The van der Waals surface area contributed by atoms with Gasteiger partial charge in [0.25, 0.3) is 0 Å². The predicted octanol–water partition coefficient (Wildman–Crippen LogP) is -0.509. The predicted molar refractivity (Wildman–Crippen MR) is 38.0 cm³/mol. The monoisotopic (exact) mass is 162 g/mol. The number of aliphatic hydroxyl groups excluding tert-OH is 2. The molecule has 0 aromatic heterocycles. The molecule has 0 aromatic carbocycles. The largest absolute Gasteiger partial charge is 0.394 e. The molecule has 2 unspecified atom stereocenters. The van der Waals surface area contributed by atoms with E-state index < -0.39 is 6.10 Å². The second-order valence-corrected chi connectivity index (χ2v) is 2.73. The van der Waals surface area contributed by atoms with E-state index in [1.807, 2.05) is 0 Å². The summed E-state index contributed by atoms with van der Waals surface area (Å²) in [5.74, 6) is 0. The Morgan fingerprint density at radius 3 is 2.82 bits per heavy atom. The quantitative estimate of drug-likeness (QED) is 0.574. The van der Waals surface area contributed by atoms with E-state index in [4.69, 9.17) is 14.6 Å². The van der Waals surface area contributed by atoms with Crippen molar-refractivity contribution in [3.8, 4) is 0 Å². The zero-order valence-corrected chi connectivity index (χ0v) is 6.56. The molecule has 0 spiro atoms. The van der Waals surface area contributed by atoms with Crippen LogP contribution in [0.5, 0.6) is 0 Å². The van der Waals surface area contributed by atoms with Crippen LogP contribution < -0.4 is 0 Å². The molecule has 66 valence electrons. The van der Waals surface area contributed by atoms with Crippen molar-refractivity contribution in [3.05, 3.63) is 0 Å². The molecule has 3 atom stereocenters. The Labute approximate surface area is 65.7 Å². The molecule has 0 saturated carbocycles. The number of ether oxygens (including phenoxy) is 2. The molecule has 1 fully saturated rings. The summed E-state index contributed by atoms with van der Waals surface area (Å²) in [6.07, 6.45) is -0.0611. The van der Waals surface area contributed by atoms with Gasteiger partial charge >= 0.3 is 0 Å². The SMILES string of the molecule is CO[C@@H]1CC(O)CC(CO)O1. The summed E-state index contributed by atoms with van der Waals surface area (Å²) in [4.78, 5) is 0. The first-order valence-corrected chi connectivity index (χ1v) is 3.73.